The van der Waals surface area contributed by atoms with Crippen LogP contribution in [0.3, 0.4) is 0 Å². The molecule has 0 aromatic carbocycles. The molecule has 1 saturated carbocycles. The number of hydrogen-bond acceptors (Lipinski definition) is 1. The van der Waals surface area contributed by atoms with Crippen molar-refractivity contribution in [2.24, 2.45) is 11.8 Å². The zero-order chi connectivity index (χ0) is 21.4. The van der Waals surface area contributed by atoms with Crippen LogP contribution in [0.25, 0.3) is 0 Å². The lowest BCUT2D eigenvalue weighted by Gasteiger charge is -2.54. The minimum Gasteiger partial charge on any atom is -0.342 e. The van der Waals surface area contributed by atoms with E-state index in [1.54, 1.807) is 0 Å². The summed E-state index contributed by atoms with van der Waals surface area (Å²) in [7, 11) is 0. The lowest BCUT2D eigenvalue weighted by Crippen LogP contribution is -2.85. The Balaban J connectivity index is 2.77. The molecule has 2 rings (SSSR count). The summed E-state index contributed by atoms with van der Waals surface area (Å²) < 4.78 is 152. The van der Waals surface area contributed by atoms with Gasteiger partial charge in [0.05, 0.1) is 0 Å². The normalized spacial score (nSPS) is 35.1. The maximum atomic E-state index is 15.1. The number of halogens is 12. The number of carbonyl (C=O) groups is 1. The van der Waals surface area contributed by atoms with E-state index >= 15 is 4.39 Å². The highest BCUT2D eigenvalue weighted by Crippen LogP contribution is 2.71. The van der Waals surface area contributed by atoms with Crippen molar-refractivity contribution in [1.82, 2.24) is 4.90 Å². The lowest BCUT2D eigenvalue weighted by molar-refractivity contribution is -0.492. The summed E-state index contributed by atoms with van der Waals surface area (Å²) in [4.78, 5) is 11.9. The van der Waals surface area contributed by atoms with E-state index in [1.165, 1.54) is 22.6 Å². The second-order valence-electron chi connectivity index (χ2n) is 6.53. The van der Waals surface area contributed by atoms with Crippen molar-refractivity contribution < 1.29 is 53.1 Å². The lowest BCUT2D eigenvalue weighted by atomic mass is 9.64. The van der Waals surface area contributed by atoms with Gasteiger partial charge in [0.1, 0.15) is 0 Å². The molecule has 0 spiro atoms. The first-order valence-corrected chi connectivity index (χ1v) is 8.78. The Morgan fingerprint density at radius 1 is 0.815 bits per heavy atom. The van der Waals surface area contributed by atoms with Gasteiger partial charge in [-0.05, 0) is 5.92 Å². The van der Waals surface area contributed by atoms with Crippen molar-refractivity contribution in [2.75, 3.05) is 17.5 Å². The second kappa shape index (κ2) is 5.97. The minimum atomic E-state index is -7.22. The first-order valence-electron chi connectivity index (χ1n) is 7.25. The summed E-state index contributed by atoms with van der Waals surface area (Å²) in [6, 6.07) is 0. The van der Waals surface area contributed by atoms with Gasteiger partial charge >= 0.3 is 29.6 Å². The fraction of sp³-hybridized carbons (Fsp3) is 0.923. The third kappa shape index (κ3) is 2.33. The number of amides is 1. The molecule has 27 heavy (non-hydrogen) atoms. The van der Waals surface area contributed by atoms with E-state index in [0.29, 0.717) is 4.90 Å². The number of hydrogen-bond donors (Lipinski definition) is 0. The van der Waals surface area contributed by atoms with E-state index < -0.39 is 70.5 Å². The largest absolute Gasteiger partial charge is 0.384 e. The summed E-state index contributed by atoms with van der Waals surface area (Å²) in [6.45, 7) is -1.16. The van der Waals surface area contributed by atoms with Gasteiger partial charge < -0.3 is 4.90 Å². The van der Waals surface area contributed by atoms with Crippen molar-refractivity contribution in [2.45, 2.75) is 42.2 Å². The zero-order valence-electron chi connectivity index (χ0n) is 13.2. The highest BCUT2D eigenvalue weighted by molar-refractivity contribution is 14.1. The van der Waals surface area contributed by atoms with Crippen LogP contribution < -0.4 is 0 Å². The van der Waals surface area contributed by atoms with Gasteiger partial charge in [-0.3, -0.25) is 4.79 Å². The van der Waals surface area contributed by atoms with Gasteiger partial charge in [0.2, 0.25) is 5.91 Å². The van der Waals surface area contributed by atoms with E-state index in [4.69, 9.17) is 0 Å². The Hall–Kier alpha value is -0.570. The topological polar surface area (TPSA) is 20.3 Å². The van der Waals surface area contributed by atoms with Crippen LogP contribution in [0.2, 0.25) is 0 Å². The smallest absolute Gasteiger partial charge is 0.342 e. The minimum absolute atomic E-state index is 0.461. The number of rotatable bonds is 2. The Morgan fingerprint density at radius 2 is 1.19 bits per heavy atom. The molecule has 0 aromatic rings. The number of alkyl halides is 12. The SMILES string of the molecule is CC(=O)N1C[C@H](CI)[C@H](C2(F)C(F)(F)C(F)(F)C(F)(F)C(F)(F)C2(F)F)C1. The molecule has 0 aromatic heterocycles. The summed E-state index contributed by atoms with van der Waals surface area (Å²) in [5.74, 6) is -40.7. The Labute approximate surface area is 158 Å². The molecule has 1 aliphatic heterocycles. The molecule has 14 heteroatoms. The van der Waals surface area contributed by atoms with Gasteiger partial charge in [-0.25, -0.2) is 4.39 Å². The van der Waals surface area contributed by atoms with Crippen molar-refractivity contribution in [3.05, 3.63) is 0 Å². The quantitative estimate of drug-likeness (QED) is 0.293. The fourth-order valence-corrected chi connectivity index (χ4v) is 4.34. The van der Waals surface area contributed by atoms with Crippen molar-refractivity contribution >= 4 is 28.5 Å². The third-order valence-electron chi connectivity index (χ3n) is 5.09. The molecular weight excluding hydrogens is 522 g/mol. The van der Waals surface area contributed by atoms with Crippen LogP contribution in [-0.2, 0) is 4.79 Å². The highest BCUT2D eigenvalue weighted by atomic mass is 127. The standard InChI is InChI=1S/C13H11F11INO/c1-5(27)26-3-6(2-25)7(4-26)8(14)9(15,16)11(19,20)13(23,24)12(21,22)10(8,17)18/h6-7H,2-4H2,1H3/t6-,7+/m0/s1. The molecule has 0 unspecified atom stereocenters. The molecule has 0 radical (unpaired) electrons. The average Bonchev–Trinajstić information content (AvgIpc) is 2.96. The van der Waals surface area contributed by atoms with Gasteiger partial charge in [-0.2, -0.15) is 43.9 Å². The molecule has 2 fully saturated rings. The van der Waals surface area contributed by atoms with E-state index in [0.717, 1.165) is 6.92 Å². The molecule has 2 nitrogen and oxygen atoms in total. The Kier molecular flexibility index (Phi) is 5.02. The number of carbonyl (C=O) groups excluding carboxylic acids is 1. The van der Waals surface area contributed by atoms with Crippen LogP contribution in [0.15, 0.2) is 0 Å². The molecule has 1 saturated heterocycles. The molecule has 2 aliphatic rings. The summed E-state index contributed by atoms with van der Waals surface area (Å²) in [5, 5.41) is 0. The Bertz CT molecular complexity index is 608. The maximum Gasteiger partial charge on any atom is 0.384 e. The maximum absolute atomic E-state index is 15.1. The van der Waals surface area contributed by atoms with Gasteiger partial charge in [0.15, 0.2) is 0 Å². The highest BCUT2D eigenvalue weighted by Gasteiger charge is 3.02. The molecule has 1 aliphatic carbocycles. The second-order valence-corrected chi connectivity index (χ2v) is 7.41. The van der Waals surface area contributed by atoms with Gasteiger partial charge in [0, 0.05) is 30.4 Å². The molecule has 0 N–H and O–H groups in total. The van der Waals surface area contributed by atoms with Crippen LogP contribution in [-0.4, -0.2) is 63.6 Å². The van der Waals surface area contributed by atoms with Crippen LogP contribution >= 0.6 is 22.6 Å². The van der Waals surface area contributed by atoms with Crippen LogP contribution in [0.1, 0.15) is 6.92 Å². The van der Waals surface area contributed by atoms with Gasteiger partial charge in [-0.1, -0.05) is 22.6 Å². The van der Waals surface area contributed by atoms with Crippen LogP contribution in [0.4, 0.5) is 48.3 Å². The monoisotopic (exact) mass is 533 g/mol. The molecular formula is C13H11F11INO. The Morgan fingerprint density at radius 3 is 1.52 bits per heavy atom. The zero-order valence-corrected chi connectivity index (χ0v) is 15.3. The fourth-order valence-electron chi connectivity index (χ4n) is 3.45. The molecule has 1 heterocycles. The van der Waals surface area contributed by atoms with E-state index in [1.807, 2.05) is 0 Å². The van der Waals surface area contributed by atoms with Gasteiger partial charge in [-0.15, -0.1) is 0 Å². The number of likely N-dealkylation sites (tertiary alicyclic amines) is 1. The van der Waals surface area contributed by atoms with E-state index in [-0.39, 0.29) is 0 Å². The molecule has 2 atom stereocenters. The summed E-state index contributed by atoms with van der Waals surface area (Å²) in [6.07, 6.45) is 0. The predicted molar refractivity (Wildman–Crippen MR) is 76.7 cm³/mol. The number of nitrogens with zero attached hydrogens (tertiary/aromatic N) is 1. The van der Waals surface area contributed by atoms with Gasteiger partial charge in [0.25, 0.3) is 5.67 Å². The van der Waals surface area contributed by atoms with E-state index in [9.17, 15) is 48.7 Å². The summed E-state index contributed by atoms with van der Waals surface area (Å²) >= 11 is 1.37. The average molecular weight is 533 g/mol. The third-order valence-corrected chi connectivity index (χ3v) is 6.22. The van der Waals surface area contributed by atoms with Crippen molar-refractivity contribution in [3.63, 3.8) is 0 Å². The van der Waals surface area contributed by atoms with Crippen LogP contribution in [0.5, 0.6) is 0 Å². The van der Waals surface area contributed by atoms with Crippen molar-refractivity contribution in [3.8, 4) is 0 Å². The van der Waals surface area contributed by atoms with E-state index in [2.05, 4.69) is 0 Å². The first kappa shape index (κ1) is 22.7. The van der Waals surface area contributed by atoms with Crippen molar-refractivity contribution in [1.29, 1.82) is 0 Å². The summed E-state index contributed by atoms with van der Waals surface area (Å²) in [5.41, 5.74) is -6.03. The van der Waals surface area contributed by atoms with Crippen LogP contribution in [0, 0.1) is 11.8 Å². The molecule has 158 valence electrons. The molecule has 1 amide bonds. The predicted octanol–water partition coefficient (Wildman–Crippen LogP) is 4.41. The molecule has 0 bridgehead atoms. The first-order chi connectivity index (χ1) is 11.9.